The van der Waals surface area contributed by atoms with Gasteiger partial charge in [-0.25, -0.2) is 9.37 Å². The van der Waals surface area contributed by atoms with Crippen LogP contribution in [0, 0.1) is 5.82 Å². The highest BCUT2D eigenvalue weighted by Crippen LogP contribution is 2.31. The van der Waals surface area contributed by atoms with Crippen molar-refractivity contribution in [3.8, 4) is 34.3 Å². The van der Waals surface area contributed by atoms with Crippen LogP contribution in [-0.4, -0.2) is 45.7 Å². The maximum Gasteiger partial charge on any atom is 0.322 e. The van der Waals surface area contributed by atoms with E-state index in [0.29, 0.717) is 61.1 Å². The minimum absolute atomic E-state index is 0.169. The topological polar surface area (TPSA) is 74.4 Å². The fourth-order valence-electron chi connectivity index (χ4n) is 4.10. The summed E-state index contributed by atoms with van der Waals surface area (Å²) in [5.41, 5.74) is 2.00. The van der Waals surface area contributed by atoms with Crippen LogP contribution in [0.1, 0.15) is 6.92 Å². The summed E-state index contributed by atoms with van der Waals surface area (Å²) in [7, 11) is 0. The average Bonchev–Trinajstić information content (AvgIpc) is 3.18. The molecule has 3 heterocycles. The monoisotopic (exact) mass is 461 g/mol. The van der Waals surface area contributed by atoms with Crippen LogP contribution in [0.25, 0.3) is 22.5 Å². The second-order valence-electron chi connectivity index (χ2n) is 7.75. The Labute approximate surface area is 195 Å². The number of benzene rings is 2. The van der Waals surface area contributed by atoms with Crippen LogP contribution in [0.2, 0.25) is 0 Å². The molecule has 0 aliphatic carbocycles. The predicted molar refractivity (Wildman–Crippen MR) is 126 cm³/mol. The van der Waals surface area contributed by atoms with Crippen molar-refractivity contribution in [1.82, 2.24) is 19.4 Å². The number of aromatic nitrogens is 4. The van der Waals surface area contributed by atoms with Gasteiger partial charge < -0.3 is 9.47 Å². The third kappa shape index (κ3) is 4.17. The first-order valence-corrected chi connectivity index (χ1v) is 11.2. The highest BCUT2D eigenvalue weighted by Gasteiger charge is 2.27. The maximum atomic E-state index is 13.8. The summed E-state index contributed by atoms with van der Waals surface area (Å²) in [6.45, 7) is 4.71. The summed E-state index contributed by atoms with van der Waals surface area (Å²) in [6.07, 6.45) is 1.60. The first kappa shape index (κ1) is 21.8. The molecule has 0 amide bonds. The molecule has 0 N–H and O–H groups in total. The number of morpholine rings is 1. The molecule has 1 saturated heterocycles. The Morgan fingerprint density at radius 3 is 2.47 bits per heavy atom. The molecule has 0 saturated carbocycles. The van der Waals surface area contributed by atoms with Crippen molar-refractivity contribution in [2.24, 2.45) is 0 Å². The molecule has 0 radical (unpaired) electrons. The molecule has 2 aromatic carbocycles. The normalized spacial score (nSPS) is 13.8. The van der Waals surface area contributed by atoms with E-state index in [2.05, 4.69) is 9.97 Å². The molecule has 0 spiro atoms. The van der Waals surface area contributed by atoms with Crippen LogP contribution in [0.15, 0.2) is 71.7 Å². The van der Waals surface area contributed by atoms with E-state index in [0.717, 1.165) is 0 Å². The van der Waals surface area contributed by atoms with Gasteiger partial charge in [0.25, 0.3) is 5.56 Å². The largest absolute Gasteiger partial charge is 0.424 e. The molecule has 0 unspecified atom stereocenters. The Kier molecular flexibility index (Phi) is 6.09. The molecule has 34 heavy (non-hydrogen) atoms. The lowest BCUT2D eigenvalue weighted by Crippen LogP contribution is -2.50. The van der Waals surface area contributed by atoms with Crippen LogP contribution in [-0.2, 0) is 11.3 Å². The lowest BCUT2D eigenvalue weighted by atomic mass is 10.0. The van der Waals surface area contributed by atoms with Crippen LogP contribution in [0.3, 0.4) is 0 Å². The van der Waals surface area contributed by atoms with E-state index in [1.54, 1.807) is 29.2 Å². The molecular formula is C25H24FN5O3. The zero-order valence-corrected chi connectivity index (χ0v) is 18.7. The Balaban J connectivity index is 1.68. The van der Waals surface area contributed by atoms with Gasteiger partial charge >= 0.3 is 6.01 Å². The van der Waals surface area contributed by atoms with Gasteiger partial charge in [-0.1, -0.05) is 30.3 Å². The number of halogens is 1. The number of ether oxygens (including phenoxy) is 2. The Morgan fingerprint density at radius 2 is 1.76 bits per heavy atom. The van der Waals surface area contributed by atoms with Crippen molar-refractivity contribution >= 4 is 0 Å². The van der Waals surface area contributed by atoms with E-state index >= 15 is 0 Å². The highest BCUT2D eigenvalue weighted by atomic mass is 19.1. The van der Waals surface area contributed by atoms with E-state index in [1.807, 2.05) is 46.9 Å². The molecule has 0 bridgehead atoms. The second kappa shape index (κ2) is 9.48. The number of para-hydroxylation sites is 1. The summed E-state index contributed by atoms with van der Waals surface area (Å²) in [4.78, 5) is 24.3. The fraction of sp³-hybridized carbons (Fsp3) is 0.240. The lowest BCUT2D eigenvalue weighted by Gasteiger charge is -2.30. The summed E-state index contributed by atoms with van der Waals surface area (Å²) in [6, 6.07) is 17.1. The van der Waals surface area contributed by atoms with Gasteiger partial charge in [-0.15, -0.1) is 0 Å². The molecule has 174 valence electrons. The average molecular weight is 461 g/mol. The summed E-state index contributed by atoms with van der Waals surface area (Å²) in [5, 5.41) is 1.97. The Morgan fingerprint density at radius 1 is 1.03 bits per heavy atom. The van der Waals surface area contributed by atoms with Gasteiger partial charge in [0.05, 0.1) is 43.3 Å². The van der Waals surface area contributed by atoms with Gasteiger partial charge in [0.2, 0.25) is 0 Å². The van der Waals surface area contributed by atoms with Crippen molar-refractivity contribution in [2.45, 2.75) is 13.5 Å². The molecule has 2 aromatic heterocycles. The van der Waals surface area contributed by atoms with E-state index in [-0.39, 0.29) is 17.4 Å². The third-order valence-electron chi connectivity index (χ3n) is 5.64. The molecule has 1 aliphatic rings. The smallest absolute Gasteiger partial charge is 0.322 e. The quantitative estimate of drug-likeness (QED) is 0.436. The molecule has 1 fully saturated rings. The van der Waals surface area contributed by atoms with Crippen molar-refractivity contribution in [3.63, 3.8) is 0 Å². The molecule has 1 aliphatic heterocycles. The summed E-state index contributed by atoms with van der Waals surface area (Å²) >= 11 is 0. The molecule has 0 atom stereocenters. The van der Waals surface area contributed by atoms with Crippen molar-refractivity contribution in [1.29, 1.82) is 0 Å². The second-order valence-corrected chi connectivity index (χ2v) is 7.75. The summed E-state index contributed by atoms with van der Waals surface area (Å²) in [5.74, 6) is 0.242. The van der Waals surface area contributed by atoms with Gasteiger partial charge in [0.1, 0.15) is 11.6 Å². The van der Waals surface area contributed by atoms with E-state index in [9.17, 15) is 9.18 Å². The summed E-state index contributed by atoms with van der Waals surface area (Å²) < 4.78 is 26.9. The Hall–Kier alpha value is -3.98. The molecule has 8 nitrogen and oxygen atoms in total. The van der Waals surface area contributed by atoms with Crippen LogP contribution in [0.4, 0.5) is 4.39 Å². The molecule has 4 aromatic rings. The number of rotatable bonds is 6. The van der Waals surface area contributed by atoms with Crippen molar-refractivity contribution in [2.75, 3.05) is 31.3 Å². The van der Waals surface area contributed by atoms with E-state index in [1.165, 1.54) is 12.1 Å². The molecular weight excluding hydrogens is 437 g/mol. The lowest BCUT2D eigenvalue weighted by molar-refractivity contribution is 0.105. The van der Waals surface area contributed by atoms with E-state index in [4.69, 9.17) is 9.47 Å². The fourth-order valence-corrected chi connectivity index (χ4v) is 4.10. The van der Waals surface area contributed by atoms with Crippen molar-refractivity contribution < 1.29 is 13.9 Å². The van der Waals surface area contributed by atoms with Gasteiger partial charge in [0, 0.05) is 12.7 Å². The van der Waals surface area contributed by atoms with Gasteiger partial charge in [-0.05, 0) is 42.8 Å². The van der Waals surface area contributed by atoms with Crippen molar-refractivity contribution in [3.05, 3.63) is 83.0 Å². The minimum atomic E-state index is -0.366. The molecule has 9 heteroatoms. The van der Waals surface area contributed by atoms with Crippen LogP contribution < -0.4 is 15.3 Å². The minimum Gasteiger partial charge on any atom is -0.424 e. The van der Waals surface area contributed by atoms with Gasteiger partial charge in [-0.3, -0.25) is 14.5 Å². The number of nitrogens with zero attached hydrogens (tertiary/aromatic N) is 5. The number of hydrogen-bond acceptors (Lipinski definition) is 6. The Bertz CT molecular complexity index is 1330. The van der Waals surface area contributed by atoms with Crippen LogP contribution in [0.5, 0.6) is 11.8 Å². The first-order chi connectivity index (χ1) is 16.7. The first-order valence-electron chi connectivity index (χ1n) is 11.2. The maximum absolute atomic E-state index is 13.8. The standard InChI is InChI=1S/C25H24FN5O3/c1-2-30-23(21-12-13-27-25(28-21)34-20-6-4-3-5-7-20)22(18-8-10-19(26)11-9-18)24(32)31(30)29-14-16-33-17-15-29/h3-13H,2,14-17H2,1H3. The zero-order valence-electron chi connectivity index (χ0n) is 18.7. The van der Waals surface area contributed by atoms with E-state index < -0.39 is 0 Å². The van der Waals surface area contributed by atoms with Crippen LogP contribution >= 0.6 is 0 Å². The molecule has 5 rings (SSSR count). The van der Waals surface area contributed by atoms with Gasteiger partial charge in [-0.2, -0.15) is 9.77 Å². The number of hydrogen-bond donors (Lipinski definition) is 0. The SMILES string of the molecule is CCn1c(-c2ccnc(Oc3ccccc3)n2)c(-c2ccc(F)cc2)c(=O)n1N1CCOCC1. The van der Waals surface area contributed by atoms with Gasteiger partial charge in [0.15, 0.2) is 0 Å². The zero-order chi connectivity index (χ0) is 23.5. The third-order valence-corrected chi connectivity index (χ3v) is 5.64. The highest BCUT2D eigenvalue weighted by molar-refractivity contribution is 5.79. The predicted octanol–water partition coefficient (Wildman–Crippen LogP) is 3.69.